The van der Waals surface area contributed by atoms with E-state index in [2.05, 4.69) is 235 Å². The Balaban J connectivity index is 1.21. The van der Waals surface area contributed by atoms with Gasteiger partial charge in [0.1, 0.15) is 11.2 Å². The Labute approximate surface area is 372 Å². The van der Waals surface area contributed by atoms with Gasteiger partial charge in [-0.3, -0.25) is 0 Å². The number of para-hydroxylation sites is 3. The summed E-state index contributed by atoms with van der Waals surface area (Å²) in [5.41, 5.74) is 17.8. The molecule has 0 aliphatic heterocycles. The molecule has 2 heteroatoms. The second-order valence-corrected chi connectivity index (χ2v) is 19.4. The lowest BCUT2D eigenvalue weighted by atomic mass is 9.78. The Morgan fingerprint density at radius 3 is 1.76 bits per heavy atom. The molecular weight excluding hydrogens is 763 g/mol. The molecule has 8 aromatic carbocycles. The van der Waals surface area contributed by atoms with E-state index in [0.717, 1.165) is 51.0 Å². The molecule has 310 valence electrons. The van der Waals surface area contributed by atoms with Crippen LogP contribution in [0.3, 0.4) is 0 Å². The summed E-state index contributed by atoms with van der Waals surface area (Å²) in [6, 6.07) is 64.7. The number of furan rings is 1. The van der Waals surface area contributed by atoms with Gasteiger partial charge in [0.05, 0.1) is 11.4 Å². The van der Waals surface area contributed by atoms with Gasteiger partial charge in [0.15, 0.2) is 0 Å². The third-order valence-electron chi connectivity index (χ3n) is 13.1. The van der Waals surface area contributed by atoms with Crippen LogP contribution in [0.2, 0.25) is 0 Å². The second kappa shape index (κ2) is 15.8. The highest BCUT2D eigenvalue weighted by Gasteiger charge is 2.27. The predicted octanol–water partition coefficient (Wildman–Crippen LogP) is 17.6. The van der Waals surface area contributed by atoms with Crippen molar-refractivity contribution in [2.24, 2.45) is 5.92 Å². The summed E-state index contributed by atoms with van der Waals surface area (Å²) in [6.07, 6.45) is 5.63. The van der Waals surface area contributed by atoms with Crippen LogP contribution in [-0.4, -0.2) is 0 Å². The predicted molar refractivity (Wildman–Crippen MR) is 270 cm³/mol. The van der Waals surface area contributed by atoms with E-state index in [0.29, 0.717) is 5.92 Å². The zero-order valence-electron chi connectivity index (χ0n) is 37.5. The van der Waals surface area contributed by atoms with E-state index in [-0.39, 0.29) is 10.8 Å². The normalized spacial score (nSPS) is 14.6. The minimum Gasteiger partial charge on any atom is -0.456 e. The number of hydrogen-bond donors (Lipinski definition) is 0. The Hall–Kier alpha value is -6.90. The molecule has 0 radical (unpaired) electrons. The lowest BCUT2D eigenvalue weighted by molar-refractivity contribution is 0.569. The van der Waals surface area contributed by atoms with Crippen LogP contribution in [0.4, 0.5) is 17.1 Å². The smallest absolute Gasteiger partial charge is 0.137 e. The highest BCUT2D eigenvalue weighted by atomic mass is 16.3. The molecule has 1 aliphatic rings. The van der Waals surface area contributed by atoms with Crippen LogP contribution in [0.1, 0.15) is 77.1 Å². The fourth-order valence-electron chi connectivity index (χ4n) is 9.63. The molecule has 0 amide bonds. The van der Waals surface area contributed by atoms with E-state index in [1.54, 1.807) is 0 Å². The van der Waals surface area contributed by atoms with Crippen molar-refractivity contribution in [1.29, 1.82) is 0 Å². The van der Waals surface area contributed by atoms with E-state index >= 15 is 0 Å². The maximum absolute atomic E-state index is 6.59. The average molecular weight is 818 g/mol. The van der Waals surface area contributed by atoms with Gasteiger partial charge in [-0.2, -0.15) is 0 Å². The van der Waals surface area contributed by atoms with E-state index in [9.17, 15) is 0 Å². The molecule has 0 bridgehead atoms. The van der Waals surface area contributed by atoms with Gasteiger partial charge in [-0.1, -0.05) is 200 Å². The molecule has 0 saturated carbocycles. The monoisotopic (exact) mass is 817 g/mol. The van der Waals surface area contributed by atoms with Crippen molar-refractivity contribution in [1.82, 2.24) is 0 Å². The third kappa shape index (κ3) is 7.48. The number of benzene rings is 8. The molecule has 10 rings (SSSR count). The first-order valence-electron chi connectivity index (χ1n) is 22.5. The third-order valence-corrected chi connectivity index (χ3v) is 13.1. The molecule has 9 aromatic rings. The molecule has 0 N–H and O–H groups in total. The SMILES string of the molecule is CC1CC(c2ccccc2N(c2ccc3c(c2)oc2ccccc23)c2ccccc2-c2cccc3cccc(-c4cc(C(C)(C)C)cc(C(C)(C)C)c4)c23)=CC=C1c1ccccc1. The quantitative estimate of drug-likeness (QED) is 0.159. The van der Waals surface area contributed by atoms with Crippen molar-refractivity contribution in [2.75, 3.05) is 4.90 Å². The number of fused-ring (bicyclic) bond motifs is 4. The largest absolute Gasteiger partial charge is 0.456 e. The van der Waals surface area contributed by atoms with Gasteiger partial charge in [-0.05, 0) is 109 Å². The minimum atomic E-state index is -0.00463. The molecule has 1 heterocycles. The van der Waals surface area contributed by atoms with E-state index in [1.165, 1.54) is 60.9 Å². The maximum atomic E-state index is 6.59. The highest BCUT2D eigenvalue weighted by Crippen LogP contribution is 2.49. The Bertz CT molecular complexity index is 3200. The number of allylic oxidation sites excluding steroid dienone is 4. The highest BCUT2D eigenvalue weighted by molar-refractivity contribution is 6.10. The number of hydrogen-bond acceptors (Lipinski definition) is 2. The summed E-state index contributed by atoms with van der Waals surface area (Å²) >= 11 is 0. The van der Waals surface area contributed by atoms with Crippen LogP contribution in [0.15, 0.2) is 192 Å². The number of anilines is 3. The van der Waals surface area contributed by atoms with Crippen LogP contribution in [0, 0.1) is 5.92 Å². The van der Waals surface area contributed by atoms with E-state index < -0.39 is 0 Å². The van der Waals surface area contributed by atoms with Crippen molar-refractivity contribution < 1.29 is 4.42 Å². The van der Waals surface area contributed by atoms with Crippen molar-refractivity contribution >= 4 is 60.9 Å². The molecule has 0 spiro atoms. The topological polar surface area (TPSA) is 16.4 Å². The van der Waals surface area contributed by atoms with Crippen LogP contribution in [-0.2, 0) is 10.8 Å². The summed E-state index contributed by atoms with van der Waals surface area (Å²) in [7, 11) is 0. The van der Waals surface area contributed by atoms with Crippen molar-refractivity contribution in [3.63, 3.8) is 0 Å². The first-order valence-corrected chi connectivity index (χ1v) is 22.5. The van der Waals surface area contributed by atoms with Crippen LogP contribution in [0.5, 0.6) is 0 Å². The number of rotatable bonds is 7. The van der Waals surface area contributed by atoms with Gasteiger partial charge in [0, 0.05) is 33.7 Å². The summed E-state index contributed by atoms with van der Waals surface area (Å²) in [5, 5.41) is 4.71. The molecular formula is C61H55NO. The Morgan fingerprint density at radius 2 is 1.06 bits per heavy atom. The van der Waals surface area contributed by atoms with Crippen molar-refractivity contribution in [3.05, 3.63) is 210 Å². The van der Waals surface area contributed by atoms with Gasteiger partial charge in [-0.25, -0.2) is 0 Å². The van der Waals surface area contributed by atoms with Crippen LogP contribution < -0.4 is 4.90 Å². The maximum Gasteiger partial charge on any atom is 0.137 e. The van der Waals surface area contributed by atoms with Crippen LogP contribution in [0.25, 0.3) is 66.1 Å². The Morgan fingerprint density at radius 1 is 0.476 bits per heavy atom. The van der Waals surface area contributed by atoms with Gasteiger partial charge < -0.3 is 9.32 Å². The molecule has 2 nitrogen and oxygen atoms in total. The fraction of sp³-hybridized carbons (Fsp3) is 0.180. The molecule has 0 saturated heterocycles. The fourth-order valence-corrected chi connectivity index (χ4v) is 9.63. The molecule has 1 aliphatic carbocycles. The zero-order chi connectivity index (χ0) is 43.5. The first-order chi connectivity index (χ1) is 30.4. The van der Waals surface area contributed by atoms with Crippen molar-refractivity contribution in [2.45, 2.75) is 65.7 Å². The van der Waals surface area contributed by atoms with Gasteiger partial charge in [0.2, 0.25) is 0 Å². The van der Waals surface area contributed by atoms with E-state index in [4.69, 9.17) is 4.42 Å². The summed E-state index contributed by atoms with van der Waals surface area (Å²) < 4.78 is 6.59. The molecule has 63 heavy (non-hydrogen) atoms. The Kier molecular flexibility index (Phi) is 10.1. The van der Waals surface area contributed by atoms with Crippen molar-refractivity contribution in [3.8, 4) is 22.3 Å². The van der Waals surface area contributed by atoms with Crippen LogP contribution >= 0.6 is 0 Å². The molecule has 1 atom stereocenters. The van der Waals surface area contributed by atoms with Gasteiger partial charge >= 0.3 is 0 Å². The second-order valence-electron chi connectivity index (χ2n) is 19.4. The first kappa shape index (κ1) is 40.2. The standard InChI is InChI=1S/C61H55NO/c1-40-35-43(31-33-48(40)41-19-9-8-10-20-41)49-23-11-14-28-55(49)62(47-32-34-53-52-25-13-16-30-57(52)63-58(53)39-47)56-29-15-12-24-51(56)54-27-18-22-42-21-17-26-50(59(42)54)44-36-45(60(2,3)4)38-46(37-44)61(5,6)7/h8-34,36-40H,35H2,1-7H3. The lowest BCUT2D eigenvalue weighted by Crippen LogP contribution is -2.16. The summed E-state index contributed by atoms with van der Waals surface area (Å²) in [5.74, 6) is 0.359. The van der Waals surface area contributed by atoms with Gasteiger partial charge in [-0.15, -0.1) is 0 Å². The minimum absolute atomic E-state index is 0.00463. The van der Waals surface area contributed by atoms with E-state index in [1.807, 2.05) is 6.07 Å². The molecule has 0 fully saturated rings. The zero-order valence-corrected chi connectivity index (χ0v) is 37.5. The van der Waals surface area contributed by atoms with Gasteiger partial charge in [0.25, 0.3) is 0 Å². The molecule has 1 unspecified atom stereocenters. The average Bonchev–Trinajstić information content (AvgIpc) is 3.67. The number of nitrogens with zero attached hydrogens (tertiary/aromatic N) is 1. The lowest BCUT2D eigenvalue weighted by Gasteiger charge is -2.31. The molecule has 1 aromatic heterocycles. The summed E-state index contributed by atoms with van der Waals surface area (Å²) in [6.45, 7) is 16.3. The summed E-state index contributed by atoms with van der Waals surface area (Å²) in [4.78, 5) is 2.47.